The average molecular weight is 617 g/mol. The summed E-state index contributed by atoms with van der Waals surface area (Å²) in [5.74, 6) is 0.387. The maximum absolute atomic E-state index is 12.7. The van der Waals surface area contributed by atoms with Crippen LogP contribution in [0.4, 0.5) is 0 Å². The molecule has 0 N–H and O–H groups in total. The molecule has 0 saturated heterocycles. The number of benzene rings is 1. The van der Waals surface area contributed by atoms with Crippen LogP contribution in [0.15, 0.2) is 12.1 Å². The third kappa shape index (κ3) is 18.8. The first-order valence-electron chi connectivity index (χ1n) is 18.1. The van der Waals surface area contributed by atoms with Crippen molar-refractivity contribution in [3.05, 3.63) is 23.3 Å². The quantitative estimate of drug-likeness (QED) is 0.0504. The number of rotatable bonds is 24. The van der Waals surface area contributed by atoms with E-state index in [1.807, 2.05) is 12.1 Å². The predicted molar refractivity (Wildman–Crippen MR) is 183 cm³/mol. The summed E-state index contributed by atoms with van der Waals surface area (Å²) in [6.07, 6.45) is 24.1. The summed E-state index contributed by atoms with van der Waals surface area (Å²) in [6, 6.07) is 3.90. The fraction of sp³-hybridized carbons (Fsp3) is 0.789. The first kappa shape index (κ1) is 38.3. The number of carbonyl (C=O) groups excluding carboxylic acids is 2. The molecule has 252 valence electrons. The molecule has 1 aromatic rings. The lowest BCUT2D eigenvalue weighted by Crippen LogP contribution is -2.35. The van der Waals surface area contributed by atoms with Crippen molar-refractivity contribution in [3.8, 4) is 11.5 Å². The lowest BCUT2D eigenvalue weighted by Gasteiger charge is -2.23. The Morgan fingerprint density at radius 3 is 1.11 bits per heavy atom. The molecule has 0 unspecified atom stereocenters. The van der Waals surface area contributed by atoms with Crippen LogP contribution in [0, 0.1) is 0 Å². The van der Waals surface area contributed by atoms with Gasteiger partial charge in [-0.15, -0.1) is 0 Å². The van der Waals surface area contributed by atoms with Crippen LogP contribution in [-0.2, 0) is 22.4 Å². The molecule has 6 heteroatoms. The van der Waals surface area contributed by atoms with Gasteiger partial charge in [0.25, 0.3) is 0 Å². The van der Waals surface area contributed by atoms with E-state index in [2.05, 4.69) is 42.3 Å². The molecule has 0 aromatic heterocycles. The van der Waals surface area contributed by atoms with Crippen molar-refractivity contribution < 1.29 is 28.0 Å². The monoisotopic (exact) mass is 617 g/mol. The van der Waals surface area contributed by atoms with Crippen molar-refractivity contribution in [2.45, 2.75) is 141 Å². The number of hydrogen-bond donors (Lipinski definition) is 0. The second-order valence-electron chi connectivity index (χ2n) is 15.4. The lowest BCUT2D eigenvalue weighted by atomic mass is 9.91. The van der Waals surface area contributed by atoms with Gasteiger partial charge in [0.2, 0.25) is 0 Å². The first-order valence-corrected chi connectivity index (χ1v) is 18.1. The molecule has 0 atom stereocenters. The predicted octanol–water partition coefficient (Wildman–Crippen LogP) is 8.81. The molecule has 1 aliphatic rings. The topological polar surface area (TPSA) is 52.6 Å². The van der Waals surface area contributed by atoms with E-state index in [9.17, 15) is 9.59 Å². The number of carbonyl (C=O) groups is 2. The van der Waals surface area contributed by atoms with E-state index in [1.165, 1.54) is 101 Å². The van der Waals surface area contributed by atoms with Crippen molar-refractivity contribution in [3.63, 3.8) is 0 Å². The molecular weight excluding hydrogens is 548 g/mol. The molecule has 0 spiro atoms. The fourth-order valence-electron chi connectivity index (χ4n) is 6.08. The number of esters is 2. The van der Waals surface area contributed by atoms with Crippen molar-refractivity contribution in [2.24, 2.45) is 0 Å². The summed E-state index contributed by atoms with van der Waals surface area (Å²) in [5, 5.41) is 0. The van der Waals surface area contributed by atoms with Crippen molar-refractivity contribution in [1.29, 1.82) is 0 Å². The second-order valence-corrected chi connectivity index (χ2v) is 15.4. The second kappa shape index (κ2) is 21.0. The van der Waals surface area contributed by atoms with Gasteiger partial charge in [-0.3, -0.25) is 9.59 Å². The van der Waals surface area contributed by atoms with E-state index in [1.54, 1.807) is 0 Å². The smallest absolute Gasteiger partial charge is 0.311 e. The van der Waals surface area contributed by atoms with Crippen LogP contribution in [0.2, 0.25) is 0 Å². The van der Waals surface area contributed by atoms with Gasteiger partial charge in [-0.25, -0.2) is 0 Å². The summed E-state index contributed by atoms with van der Waals surface area (Å²) in [4.78, 5) is 25.5. The Balaban J connectivity index is 1.67. The Morgan fingerprint density at radius 2 is 0.795 bits per heavy atom. The van der Waals surface area contributed by atoms with Crippen LogP contribution in [0.5, 0.6) is 11.5 Å². The molecule has 44 heavy (non-hydrogen) atoms. The zero-order chi connectivity index (χ0) is 32.3. The molecule has 0 bridgehead atoms. The summed E-state index contributed by atoms with van der Waals surface area (Å²) in [7, 11) is 13.5. The van der Waals surface area contributed by atoms with Crippen LogP contribution >= 0.6 is 0 Å². The third-order valence-corrected chi connectivity index (χ3v) is 8.78. The molecule has 1 aromatic carbocycles. The Bertz CT molecular complexity index is 884. The Kier molecular flexibility index (Phi) is 18.2. The molecule has 6 nitrogen and oxygen atoms in total. The minimum Gasteiger partial charge on any atom is -0.423 e. The number of unbranched alkanes of at least 4 members (excludes halogenated alkanes) is 14. The van der Waals surface area contributed by atoms with Gasteiger partial charge in [-0.2, -0.15) is 0 Å². The number of aryl methyl sites for hydroxylation is 2. The molecular formula is C38H68N2O4+2. The number of fused-ring (bicyclic) bond motifs is 1. The van der Waals surface area contributed by atoms with Crippen LogP contribution in [0.1, 0.15) is 140 Å². The minimum atomic E-state index is -0.226. The summed E-state index contributed by atoms with van der Waals surface area (Å²) >= 11 is 0. The molecule has 0 fully saturated rings. The highest BCUT2D eigenvalue weighted by atomic mass is 16.6. The normalized spacial score (nSPS) is 13.5. The van der Waals surface area contributed by atoms with Crippen molar-refractivity contribution in [1.82, 2.24) is 0 Å². The van der Waals surface area contributed by atoms with Crippen molar-refractivity contribution >= 4 is 11.9 Å². The molecule has 0 saturated carbocycles. The van der Waals surface area contributed by atoms with Gasteiger partial charge in [0.15, 0.2) is 11.5 Å². The van der Waals surface area contributed by atoms with Crippen LogP contribution in [0.25, 0.3) is 0 Å². The summed E-state index contributed by atoms with van der Waals surface area (Å²) in [6.45, 7) is 2.48. The maximum atomic E-state index is 12.7. The van der Waals surface area contributed by atoms with E-state index in [4.69, 9.17) is 9.47 Å². The highest BCUT2D eigenvalue weighted by molar-refractivity contribution is 5.76. The van der Waals surface area contributed by atoms with E-state index in [0.29, 0.717) is 24.3 Å². The number of nitrogens with zero attached hydrogens (tertiary/aromatic N) is 2. The highest BCUT2D eigenvalue weighted by Crippen LogP contribution is 2.35. The number of ether oxygens (including phenoxy) is 2. The molecule has 0 amide bonds. The van der Waals surface area contributed by atoms with E-state index in [0.717, 1.165) is 60.3 Å². The van der Waals surface area contributed by atoms with E-state index >= 15 is 0 Å². The largest absolute Gasteiger partial charge is 0.423 e. The van der Waals surface area contributed by atoms with Gasteiger partial charge < -0.3 is 18.4 Å². The Morgan fingerprint density at radius 1 is 0.500 bits per heavy atom. The molecule has 0 aliphatic heterocycles. The first-order chi connectivity index (χ1) is 20.9. The lowest BCUT2D eigenvalue weighted by molar-refractivity contribution is -0.870. The van der Waals surface area contributed by atoms with Crippen LogP contribution < -0.4 is 9.47 Å². The van der Waals surface area contributed by atoms with E-state index in [-0.39, 0.29) is 11.9 Å². The van der Waals surface area contributed by atoms with Gasteiger partial charge in [0, 0.05) is 12.8 Å². The number of quaternary nitrogens is 2. The zero-order valence-corrected chi connectivity index (χ0v) is 29.7. The minimum absolute atomic E-state index is 0.226. The standard InChI is InChI=1S/C38H68N2O4/c1-39(2,3)29-23-17-13-9-7-11-15-19-27-37(41)43-35-31-33-25-21-22-26-34(33)32-36(35)44-38(42)28-20-16-12-8-10-14-18-24-30-40(4,5)6/h31-32H,7-30H2,1-6H3/q+2. The van der Waals surface area contributed by atoms with Gasteiger partial charge in [-0.05, 0) is 87.5 Å². The summed E-state index contributed by atoms with van der Waals surface area (Å²) < 4.78 is 13.7. The molecule has 2 rings (SSSR count). The van der Waals surface area contributed by atoms with Crippen LogP contribution in [0.3, 0.4) is 0 Å². The summed E-state index contributed by atoms with van der Waals surface area (Å²) in [5.41, 5.74) is 2.44. The van der Waals surface area contributed by atoms with E-state index < -0.39 is 0 Å². The Labute approximate surface area is 271 Å². The molecule has 0 radical (unpaired) electrons. The SMILES string of the molecule is C[N+](C)(C)CCCCCCCCCCC(=O)Oc1cc2c(cc1OC(=O)CCCCCCCCCC[N+](C)(C)C)CCCC2. The zero-order valence-electron chi connectivity index (χ0n) is 29.7. The van der Waals surface area contributed by atoms with Gasteiger partial charge in [0.1, 0.15) is 0 Å². The Hall–Kier alpha value is -1.92. The van der Waals surface area contributed by atoms with Gasteiger partial charge >= 0.3 is 11.9 Å². The van der Waals surface area contributed by atoms with Crippen molar-refractivity contribution in [2.75, 3.05) is 55.4 Å². The van der Waals surface area contributed by atoms with Gasteiger partial charge in [0.05, 0.1) is 55.4 Å². The van der Waals surface area contributed by atoms with Crippen LogP contribution in [-0.4, -0.2) is 76.3 Å². The average Bonchev–Trinajstić information content (AvgIpc) is 2.94. The number of hydrogen-bond acceptors (Lipinski definition) is 4. The van der Waals surface area contributed by atoms with Gasteiger partial charge in [-0.1, -0.05) is 64.2 Å². The molecule has 0 heterocycles. The third-order valence-electron chi connectivity index (χ3n) is 8.78. The maximum Gasteiger partial charge on any atom is 0.311 e. The molecule has 1 aliphatic carbocycles. The highest BCUT2D eigenvalue weighted by Gasteiger charge is 2.19. The fourth-order valence-corrected chi connectivity index (χ4v) is 6.08.